The normalized spacial score (nSPS) is 14.6. The van der Waals surface area contributed by atoms with Gasteiger partial charge >= 0.3 is 6.18 Å². The van der Waals surface area contributed by atoms with Gasteiger partial charge in [-0.05, 0) is 31.9 Å². The van der Waals surface area contributed by atoms with Crippen LogP contribution < -0.4 is 5.14 Å². The number of rotatable bonds is 4. The molecular formula is C12H16F3NOS. The van der Waals surface area contributed by atoms with Gasteiger partial charge < -0.3 is 4.55 Å². The highest BCUT2D eigenvalue weighted by Crippen LogP contribution is 2.30. The van der Waals surface area contributed by atoms with Crippen molar-refractivity contribution in [2.24, 2.45) is 5.14 Å². The van der Waals surface area contributed by atoms with Gasteiger partial charge in [-0.1, -0.05) is 18.2 Å². The van der Waals surface area contributed by atoms with E-state index in [1.807, 2.05) is 0 Å². The highest BCUT2D eigenvalue weighted by molar-refractivity contribution is 7.90. The zero-order valence-electron chi connectivity index (χ0n) is 10.3. The lowest BCUT2D eigenvalue weighted by Gasteiger charge is -2.24. The lowest BCUT2D eigenvalue weighted by atomic mass is 10.0. The predicted octanol–water partition coefficient (Wildman–Crippen LogP) is 3.04. The van der Waals surface area contributed by atoms with E-state index < -0.39 is 27.8 Å². The number of aryl methyl sites for hydroxylation is 1. The summed E-state index contributed by atoms with van der Waals surface area (Å²) < 4.78 is 48.1. The summed E-state index contributed by atoms with van der Waals surface area (Å²) in [4.78, 5) is 0. The maximum absolute atomic E-state index is 12.5. The van der Waals surface area contributed by atoms with Crippen LogP contribution in [0.5, 0.6) is 0 Å². The number of halogens is 3. The molecule has 1 atom stereocenters. The molecule has 0 fully saturated rings. The van der Waals surface area contributed by atoms with Crippen LogP contribution in [-0.2, 0) is 24.0 Å². The molecule has 0 radical (unpaired) electrons. The third kappa shape index (κ3) is 4.19. The minimum Gasteiger partial charge on any atom is -0.598 e. The van der Waals surface area contributed by atoms with Crippen LogP contribution in [0.3, 0.4) is 0 Å². The molecule has 0 saturated heterocycles. The second-order valence-electron chi connectivity index (χ2n) is 4.76. The molecule has 0 aliphatic rings. The zero-order valence-corrected chi connectivity index (χ0v) is 11.1. The molecule has 102 valence electrons. The third-order valence-electron chi connectivity index (χ3n) is 2.81. The van der Waals surface area contributed by atoms with Crippen LogP contribution in [0.2, 0.25) is 0 Å². The van der Waals surface area contributed by atoms with Crippen molar-refractivity contribution in [1.29, 1.82) is 0 Å². The number of alkyl halides is 3. The summed E-state index contributed by atoms with van der Waals surface area (Å²) in [5.41, 5.74) is -0.0879. The van der Waals surface area contributed by atoms with E-state index in [0.29, 0.717) is 18.4 Å². The van der Waals surface area contributed by atoms with Gasteiger partial charge in [0.15, 0.2) is 0 Å². The average molecular weight is 279 g/mol. The minimum atomic E-state index is -4.33. The fraction of sp³-hybridized carbons (Fsp3) is 0.500. The molecule has 1 aromatic rings. The monoisotopic (exact) mass is 279 g/mol. The largest absolute Gasteiger partial charge is 0.598 e. The van der Waals surface area contributed by atoms with E-state index in [1.54, 1.807) is 19.9 Å². The van der Waals surface area contributed by atoms with Gasteiger partial charge in [0.2, 0.25) is 0 Å². The SMILES string of the molecule is CC(C)(CCc1cccc(C(F)(F)F)c1)[S+](N)[O-]. The van der Waals surface area contributed by atoms with E-state index in [2.05, 4.69) is 0 Å². The summed E-state index contributed by atoms with van der Waals surface area (Å²) in [6, 6.07) is 5.17. The van der Waals surface area contributed by atoms with Crippen molar-refractivity contribution in [3.8, 4) is 0 Å². The molecule has 18 heavy (non-hydrogen) atoms. The van der Waals surface area contributed by atoms with Crippen molar-refractivity contribution in [3.05, 3.63) is 35.4 Å². The molecule has 0 spiro atoms. The molecule has 0 aliphatic heterocycles. The Morgan fingerprint density at radius 2 is 1.89 bits per heavy atom. The Labute approximate surface area is 108 Å². The average Bonchev–Trinajstić information content (AvgIpc) is 2.25. The summed E-state index contributed by atoms with van der Waals surface area (Å²) in [7, 11) is 0. The Kier molecular flexibility index (Phi) is 4.69. The molecule has 2 nitrogen and oxygen atoms in total. The van der Waals surface area contributed by atoms with Gasteiger partial charge in [-0.25, -0.2) is 0 Å². The molecule has 1 rings (SSSR count). The summed E-state index contributed by atoms with van der Waals surface area (Å²) in [5, 5.41) is 5.33. The van der Waals surface area contributed by atoms with Crippen LogP contribution in [0.4, 0.5) is 13.2 Å². The second-order valence-corrected chi connectivity index (χ2v) is 6.46. The maximum atomic E-state index is 12.5. The lowest BCUT2D eigenvalue weighted by molar-refractivity contribution is -0.137. The summed E-state index contributed by atoms with van der Waals surface area (Å²) in [6.07, 6.45) is -3.44. The summed E-state index contributed by atoms with van der Waals surface area (Å²) in [6.45, 7) is 3.47. The Balaban J connectivity index is 2.75. The first kappa shape index (κ1) is 15.3. The van der Waals surface area contributed by atoms with Crippen molar-refractivity contribution >= 4 is 11.4 Å². The molecule has 1 unspecified atom stereocenters. The fourth-order valence-corrected chi connectivity index (χ4v) is 1.75. The van der Waals surface area contributed by atoms with E-state index in [0.717, 1.165) is 12.1 Å². The molecule has 0 bridgehead atoms. The van der Waals surface area contributed by atoms with E-state index in [4.69, 9.17) is 5.14 Å². The number of hydrogen-bond acceptors (Lipinski definition) is 2. The Morgan fingerprint density at radius 3 is 2.39 bits per heavy atom. The Morgan fingerprint density at radius 1 is 1.28 bits per heavy atom. The van der Waals surface area contributed by atoms with Crippen molar-refractivity contribution in [2.45, 2.75) is 37.6 Å². The van der Waals surface area contributed by atoms with Crippen molar-refractivity contribution < 1.29 is 17.7 Å². The predicted molar refractivity (Wildman–Crippen MR) is 66.2 cm³/mol. The first-order valence-electron chi connectivity index (χ1n) is 5.45. The standard InChI is InChI=1S/C12H16F3NOS/c1-11(2,18(16)17)7-6-9-4-3-5-10(8-9)12(13,14)15/h3-5,8H,6-7,16H2,1-2H3. The Bertz CT molecular complexity index is 405. The summed E-state index contributed by atoms with van der Waals surface area (Å²) >= 11 is -1.49. The topological polar surface area (TPSA) is 49.1 Å². The van der Waals surface area contributed by atoms with Gasteiger partial charge in [-0.15, -0.1) is 0 Å². The van der Waals surface area contributed by atoms with Gasteiger partial charge in [0.1, 0.15) is 4.75 Å². The first-order valence-corrected chi connectivity index (χ1v) is 6.66. The van der Waals surface area contributed by atoms with Crippen molar-refractivity contribution in [3.63, 3.8) is 0 Å². The molecule has 0 heterocycles. The van der Waals surface area contributed by atoms with Crippen LogP contribution in [0, 0.1) is 0 Å². The quantitative estimate of drug-likeness (QED) is 0.861. The van der Waals surface area contributed by atoms with Crippen molar-refractivity contribution in [1.82, 2.24) is 0 Å². The Hall–Kier alpha value is -0.720. The van der Waals surface area contributed by atoms with E-state index in [9.17, 15) is 17.7 Å². The molecule has 2 N–H and O–H groups in total. The minimum absolute atomic E-state index is 0.417. The molecule has 0 aliphatic carbocycles. The fourth-order valence-electron chi connectivity index (χ4n) is 1.45. The zero-order chi connectivity index (χ0) is 14.0. The van der Waals surface area contributed by atoms with E-state index >= 15 is 0 Å². The third-order valence-corrected chi connectivity index (χ3v) is 4.11. The highest BCUT2D eigenvalue weighted by Gasteiger charge is 2.31. The van der Waals surface area contributed by atoms with Gasteiger partial charge in [0.25, 0.3) is 0 Å². The van der Waals surface area contributed by atoms with Crippen LogP contribution in [0.25, 0.3) is 0 Å². The maximum Gasteiger partial charge on any atom is 0.416 e. The van der Waals surface area contributed by atoms with Crippen LogP contribution >= 0.6 is 0 Å². The highest BCUT2D eigenvalue weighted by atomic mass is 32.2. The molecule has 0 amide bonds. The number of hydrogen-bond donors (Lipinski definition) is 1. The van der Waals surface area contributed by atoms with E-state index in [-0.39, 0.29) is 0 Å². The van der Waals surface area contributed by atoms with Crippen molar-refractivity contribution in [2.75, 3.05) is 0 Å². The van der Waals surface area contributed by atoms with Gasteiger partial charge in [0, 0.05) is 17.8 Å². The van der Waals surface area contributed by atoms with Gasteiger partial charge in [0.05, 0.1) is 5.56 Å². The molecule has 1 aromatic carbocycles. The molecule has 0 saturated carbocycles. The van der Waals surface area contributed by atoms with E-state index in [1.165, 1.54) is 6.07 Å². The van der Waals surface area contributed by atoms with Gasteiger partial charge in [-0.2, -0.15) is 18.3 Å². The number of nitrogens with two attached hydrogens (primary N) is 1. The van der Waals surface area contributed by atoms with Crippen LogP contribution in [0.15, 0.2) is 24.3 Å². The first-order chi connectivity index (χ1) is 8.13. The van der Waals surface area contributed by atoms with Gasteiger partial charge in [-0.3, -0.25) is 0 Å². The molecular weight excluding hydrogens is 263 g/mol. The van der Waals surface area contributed by atoms with Crippen LogP contribution in [0.1, 0.15) is 31.4 Å². The molecule has 0 aromatic heterocycles. The van der Waals surface area contributed by atoms with Crippen LogP contribution in [-0.4, -0.2) is 9.30 Å². The lowest BCUT2D eigenvalue weighted by Crippen LogP contribution is -2.38. The second kappa shape index (κ2) is 5.50. The number of benzene rings is 1. The molecule has 6 heteroatoms. The summed E-state index contributed by atoms with van der Waals surface area (Å²) in [5.74, 6) is 0. The smallest absolute Gasteiger partial charge is 0.416 e.